The van der Waals surface area contributed by atoms with E-state index in [-0.39, 0.29) is 12.5 Å². The maximum absolute atomic E-state index is 11.8. The molecule has 0 unspecified atom stereocenters. The van der Waals surface area contributed by atoms with Crippen molar-refractivity contribution >= 4 is 34.8 Å². The van der Waals surface area contributed by atoms with Gasteiger partial charge in [-0.25, -0.2) is 0 Å². The van der Waals surface area contributed by atoms with E-state index >= 15 is 0 Å². The molecule has 0 saturated carbocycles. The Balaban J connectivity index is 1.75. The summed E-state index contributed by atoms with van der Waals surface area (Å²) in [4.78, 5) is 15.9. The summed E-state index contributed by atoms with van der Waals surface area (Å²) in [5.74, 6) is 0.900. The number of aromatic nitrogens is 2. The van der Waals surface area contributed by atoms with Gasteiger partial charge in [0.1, 0.15) is 0 Å². The molecular formula is C13H14Cl2N4O2. The standard InChI is InChI=1S/C13H14Cl2N4O2/c1-8-17-12(21-19-8)5-6-16-7-11(20)18-13-9(14)3-2-4-10(13)15/h2-4,16H,5-7H2,1H3,(H,18,20). The number of hydrogen-bond acceptors (Lipinski definition) is 5. The van der Waals surface area contributed by atoms with Crippen molar-refractivity contribution in [3.63, 3.8) is 0 Å². The molecule has 6 nitrogen and oxygen atoms in total. The van der Waals surface area contributed by atoms with Crippen LogP contribution in [0, 0.1) is 6.92 Å². The Hall–Kier alpha value is -1.63. The molecule has 21 heavy (non-hydrogen) atoms. The van der Waals surface area contributed by atoms with Crippen molar-refractivity contribution in [3.8, 4) is 0 Å². The third-order valence-corrected chi connectivity index (χ3v) is 3.23. The third kappa shape index (κ3) is 4.70. The first-order valence-corrected chi connectivity index (χ1v) is 7.05. The summed E-state index contributed by atoms with van der Waals surface area (Å²) in [5.41, 5.74) is 0.417. The van der Waals surface area contributed by atoms with Crippen LogP contribution >= 0.6 is 23.2 Å². The van der Waals surface area contributed by atoms with Gasteiger partial charge in [-0.1, -0.05) is 34.4 Å². The highest BCUT2D eigenvalue weighted by molar-refractivity contribution is 6.39. The molecule has 1 aromatic carbocycles. The lowest BCUT2D eigenvalue weighted by molar-refractivity contribution is -0.115. The predicted molar refractivity (Wildman–Crippen MR) is 80.7 cm³/mol. The normalized spacial score (nSPS) is 10.6. The summed E-state index contributed by atoms with van der Waals surface area (Å²) >= 11 is 11.9. The molecule has 0 bridgehead atoms. The number of hydrogen-bond donors (Lipinski definition) is 2. The van der Waals surface area contributed by atoms with Crippen LogP contribution in [-0.2, 0) is 11.2 Å². The molecule has 2 N–H and O–H groups in total. The average molecular weight is 329 g/mol. The SMILES string of the molecule is Cc1noc(CCNCC(=O)Nc2c(Cl)cccc2Cl)n1. The Labute approximate surface area is 131 Å². The van der Waals surface area contributed by atoms with Crippen molar-refractivity contribution < 1.29 is 9.32 Å². The fourth-order valence-electron chi connectivity index (χ4n) is 1.64. The van der Waals surface area contributed by atoms with E-state index in [0.717, 1.165) is 0 Å². The summed E-state index contributed by atoms with van der Waals surface area (Å²) in [7, 11) is 0. The molecule has 0 atom stereocenters. The molecule has 2 rings (SSSR count). The van der Waals surface area contributed by atoms with Crippen molar-refractivity contribution in [1.29, 1.82) is 0 Å². The lowest BCUT2D eigenvalue weighted by Crippen LogP contribution is -2.29. The number of amides is 1. The molecule has 0 aliphatic carbocycles. The molecule has 112 valence electrons. The van der Waals surface area contributed by atoms with Crippen LogP contribution in [0.1, 0.15) is 11.7 Å². The highest BCUT2D eigenvalue weighted by Crippen LogP contribution is 2.29. The fraction of sp³-hybridized carbons (Fsp3) is 0.308. The lowest BCUT2D eigenvalue weighted by atomic mass is 10.3. The first kappa shape index (κ1) is 15.8. The minimum absolute atomic E-state index is 0.134. The van der Waals surface area contributed by atoms with Crippen molar-refractivity contribution in [2.24, 2.45) is 0 Å². The predicted octanol–water partition coefficient (Wildman–Crippen LogP) is 2.46. The highest BCUT2D eigenvalue weighted by atomic mass is 35.5. The molecule has 1 amide bonds. The summed E-state index contributed by atoms with van der Waals surface area (Å²) in [6.07, 6.45) is 0.557. The Morgan fingerprint density at radius 3 is 2.67 bits per heavy atom. The topological polar surface area (TPSA) is 80.0 Å². The molecule has 0 spiro atoms. The molecule has 8 heteroatoms. The molecule has 1 heterocycles. The number of carbonyl (C=O) groups is 1. The number of aryl methyl sites for hydroxylation is 1. The van der Waals surface area contributed by atoms with Gasteiger partial charge < -0.3 is 15.2 Å². The van der Waals surface area contributed by atoms with Crippen LogP contribution in [0.15, 0.2) is 22.7 Å². The minimum Gasteiger partial charge on any atom is -0.339 e. The van der Waals surface area contributed by atoms with Crippen LogP contribution in [0.5, 0.6) is 0 Å². The largest absolute Gasteiger partial charge is 0.339 e. The highest BCUT2D eigenvalue weighted by Gasteiger charge is 2.09. The van der Waals surface area contributed by atoms with E-state index in [0.29, 0.717) is 40.4 Å². The number of benzene rings is 1. The van der Waals surface area contributed by atoms with Gasteiger partial charge in [-0.3, -0.25) is 4.79 Å². The molecule has 0 aliphatic heterocycles. The van der Waals surface area contributed by atoms with E-state index in [1.807, 2.05) is 0 Å². The molecule has 0 saturated heterocycles. The second-order valence-electron chi connectivity index (χ2n) is 4.31. The van der Waals surface area contributed by atoms with Crippen LogP contribution in [0.25, 0.3) is 0 Å². The fourth-order valence-corrected chi connectivity index (χ4v) is 2.13. The van der Waals surface area contributed by atoms with Crippen molar-refractivity contribution in [1.82, 2.24) is 15.5 Å². The summed E-state index contributed by atoms with van der Waals surface area (Å²) < 4.78 is 4.96. The molecular weight excluding hydrogens is 315 g/mol. The van der Waals surface area contributed by atoms with Crippen molar-refractivity contribution in [2.45, 2.75) is 13.3 Å². The average Bonchev–Trinajstić information content (AvgIpc) is 2.85. The van der Waals surface area contributed by atoms with Gasteiger partial charge in [-0.15, -0.1) is 0 Å². The Morgan fingerprint density at radius 1 is 1.33 bits per heavy atom. The zero-order chi connectivity index (χ0) is 15.2. The van der Waals surface area contributed by atoms with Crippen LogP contribution in [0.4, 0.5) is 5.69 Å². The molecule has 2 aromatic rings. The minimum atomic E-state index is -0.230. The van der Waals surface area contributed by atoms with Gasteiger partial charge >= 0.3 is 0 Å². The summed E-state index contributed by atoms with van der Waals surface area (Å²) in [5, 5.41) is 10.1. The zero-order valence-corrected chi connectivity index (χ0v) is 12.8. The number of rotatable bonds is 6. The monoisotopic (exact) mass is 328 g/mol. The van der Waals surface area contributed by atoms with Crippen LogP contribution in [0.3, 0.4) is 0 Å². The summed E-state index contributed by atoms with van der Waals surface area (Å²) in [6.45, 7) is 2.43. The Morgan fingerprint density at radius 2 is 2.05 bits per heavy atom. The van der Waals surface area contributed by atoms with E-state index in [1.165, 1.54) is 0 Å². The van der Waals surface area contributed by atoms with Gasteiger partial charge in [0.2, 0.25) is 11.8 Å². The first-order chi connectivity index (χ1) is 10.1. The van der Waals surface area contributed by atoms with E-state index < -0.39 is 0 Å². The van der Waals surface area contributed by atoms with Gasteiger partial charge in [0, 0.05) is 13.0 Å². The van der Waals surface area contributed by atoms with Crippen molar-refractivity contribution in [3.05, 3.63) is 40.0 Å². The van der Waals surface area contributed by atoms with Crippen molar-refractivity contribution in [2.75, 3.05) is 18.4 Å². The number of nitrogens with zero attached hydrogens (tertiary/aromatic N) is 2. The van der Waals surface area contributed by atoms with Crippen LogP contribution in [-0.4, -0.2) is 29.1 Å². The number of halogens is 2. The third-order valence-electron chi connectivity index (χ3n) is 2.60. The first-order valence-electron chi connectivity index (χ1n) is 6.30. The van der Waals surface area contributed by atoms with Gasteiger partial charge in [-0.2, -0.15) is 4.98 Å². The van der Waals surface area contributed by atoms with Gasteiger partial charge in [-0.05, 0) is 19.1 Å². The second-order valence-corrected chi connectivity index (χ2v) is 5.12. The van der Waals surface area contributed by atoms with Crippen LogP contribution < -0.4 is 10.6 Å². The van der Waals surface area contributed by atoms with Gasteiger partial charge in [0.15, 0.2) is 5.82 Å². The summed E-state index contributed by atoms with van der Waals surface area (Å²) in [6, 6.07) is 5.04. The number of para-hydroxylation sites is 1. The molecule has 1 aromatic heterocycles. The Bertz CT molecular complexity index is 610. The van der Waals surface area contributed by atoms with Crippen LogP contribution in [0.2, 0.25) is 10.0 Å². The molecule has 0 fully saturated rings. The lowest BCUT2D eigenvalue weighted by Gasteiger charge is -2.09. The quantitative estimate of drug-likeness (QED) is 0.796. The van der Waals surface area contributed by atoms with Gasteiger partial charge in [0.25, 0.3) is 0 Å². The second kappa shape index (κ2) is 7.40. The maximum Gasteiger partial charge on any atom is 0.238 e. The number of nitrogens with one attached hydrogen (secondary N) is 2. The maximum atomic E-state index is 11.8. The number of anilines is 1. The van der Waals surface area contributed by atoms with Gasteiger partial charge in [0.05, 0.1) is 22.3 Å². The zero-order valence-electron chi connectivity index (χ0n) is 11.3. The number of carbonyl (C=O) groups excluding carboxylic acids is 1. The smallest absolute Gasteiger partial charge is 0.238 e. The van der Waals surface area contributed by atoms with E-state index in [4.69, 9.17) is 27.7 Å². The molecule has 0 aliphatic rings. The molecule has 0 radical (unpaired) electrons. The Kier molecular flexibility index (Phi) is 5.55. The van der Waals surface area contributed by atoms with E-state index in [2.05, 4.69) is 20.8 Å². The van der Waals surface area contributed by atoms with E-state index in [9.17, 15) is 4.79 Å². The van der Waals surface area contributed by atoms with E-state index in [1.54, 1.807) is 25.1 Å².